The van der Waals surface area contributed by atoms with Crippen LogP contribution in [0.3, 0.4) is 0 Å². The summed E-state index contributed by atoms with van der Waals surface area (Å²) in [6.07, 6.45) is 0. The summed E-state index contributed by atoms with van der Waals surface area (Å²) in [7, 11) is 0.884. The molecule has 1 aliphatic rings. The quantitative estimate of drug-likeness (QED) is 0.865. The van der Waals surface area contributed by atoms with Crippen molar-refractivity contribution >= 4 is 7.12 Å². The number of hydrogen-bond acceptors (Lipinski definition) is 4. The van der Waals surface area contributed by atoms with Crippen LogP contribution >= 0.6 is 0 Å². The van der Waals surface area contributed by atoms with Crippen LogP contribution in [0.4, 0.5) is 4.39 Å². The number of hydrogen-bond donors (Lipinski definition) is 1. The van der Waals surface area contributed by atoms with Crippen LogP contribution in [0.25, 0.3) is 0 Å². The van der Waals surface area contributed by atoms with Crippen molar-refractivity contribution in [3.8, 4) is 5.75 Å². The van der Waals surface area contributed by atoms with Gasteiger partial charge in [-0.2, -0.15) is 0 Å². The molecule has 1 saturated heterocycles. The van der Waals surface area contributed by atoms with Gasteiger partial charge in [-0.15, -0.1) is 0 Å². The summed E-state index contributed by atoms with van der Waals surface area (Å²) < 4.78 is 30.2. The number of benzene rings is 1. The van der Waals surface area contributed by atoms with E-state index >= 15 is 0 Å². The highest BCUT2D eigenvalue weighted by Crippen LogP contribution is 2.40. The first-order valence-electron chi connectivity index (χ1n) is 6.62. The third-order valence-electron chi connectivity index (χ3n) is 4.12. The first-order chi connectivity index (χ1) is 9.18. The van der Waals surface area contributed by atoms with E-state index in [1.807, 2.05) is 27.7 Å². The second kappa shape index (κ2) is 5.02. The number of halogens is 1. The second-order valence-corrected chi connectivity index (χ2v) is 6.04. The Balaban J connectivity index is 2.27. The first kappa shape index (κ1) is 15.3. The van der Waals surface area contributed by atoms with Crippen LogP contribution in [0.5, 0.6) is 5.75 Å². The minimum atomic E-state index is -0.598. The zero-order valence-electron chi connectivity index (χ0n) is 12.6. The Morgan fingerprint density at radius 3 is 2.25 bits per heavy atom. The molecule has 1 aromatic carbocycles. The highest BCUT2D eigenvalue weighted by Gasteiger charge is 2.53. The summed E-state index contributed by atoms with van der Waals surface area (Å²) in [5, 5.41) is 0. The van der Waals surface area contributed by atoms with Gasteiger partial charge in [0, 0.05) is 11.6 Å². The van der Waals surface area contributed by atoms with Gasteiger partial charge in [0.25, 0.3) is 0 Å². The Hall–Kier alpha value is -1.11. The molecule has 1 heterocycles. The Kier molecular flexibility index (Phi) is 3.84. The van der Waals surface area contributed by atoms with Gasteiger partial charge in [0.1, 0.15) is 11.6 Å². The van der Waals surface area contributed by atoms with Crippen LogP contribution in [0, 0.1) is 5.82 Å². The molecule has 0 radical (unpaired) electrons. The summed E-state index contributed by atoms with van der Waals surface area (Å²) >= 11 is 0. The highest BCUT2D eigenvalue weighted by atomic mass is 19.1. The molecular formula is C14H21BFNO3. The molecule has 1 aromatic rings. The lowest BCUT2D eigenvalue weighted by molar-refractivity contribution is 0.00578. The van der Waals surface area contributed by atoms with Gasteiger partial charge in [0.2, 0.25) is 0 Å². The van der Waals surface area contributed by atoms with E-state index in [1.54, 1.807) is 6.07 Å². The van der Waals surface area contributed by atoms with Gasteiger partial charge in [-0.3, -0.25) is 0 Å². The normalized spacial score (nSPS) is 21.9. The molecule has 0 amide bonds. The fourth-order valence-electron chi connectivity index (χ4n) is 2.14. The molecule has 2 N–H and O–H groups in total. The maximum absolute atomic E-state index is 13.2. The summed E-state index contributed by atoms with van der Waals surface area (Å²) in [4.78, 5) is 0. The fraction of sp³-hybridized carbons (Fsp3) is 0.571. The van der Waals surface area contributed by atoms with E-state index < -0.39 is 24.3 Å². The average molecular weight is 281 g/mol. The SMILES string of the molecule is COc1cc(F)ccc1[C@H](N)B1OC(C)(C)C(C)(C)O1. The van der Waals surface area contributed by atoms with Crippen LogP contribution in [0.15, 0.2) is 18.2 Å². The Morgan fingerprint density at radius 1 is 1.20 bits per heavy atom. The van der Waals surface area contributed by atoms with E-state index in [0.29, 0.717) is 11.3 Å². The van der Waals surface area contributed by atoms with Crippen LogP contribution in [-0.4, -0.2) is 25.4 Å². The molecule has 0 saturated carbocycles. The molecule has 0 unspecified atom stereocenters. The van der Waals surface area contributed by atoms with Crippen molar-refractivity contribution in [2.24, 2.45) is 5.73 Å². The van der Waals surface area contributed by atoms with Gasteiger partial charge < -0.3 is 19.8 Å². The molecule has 0 aliphatic carbocycles. The number of methoxy groups -OCH3 is 1. The minimum Gasteiger partial charge on any atom is -0.496 e. The number of ether oxygens (including phenoxy) is 1. The lowest BCUT2D eigenvalue weighted by atomic mass is 9.74. The van der Waals surface area contributed by atoms with Crippen molar-refractivity contribution in [2.45, 2.75) is 44.8 Å². The lowest BCUT2D eigenvalue weighted by Crippen LogP contribution is -2.41. The standard InChI is InChI=1S/C14H21BFNO3/c1-13(2)14(3,4)20-15(19-13)12(17)10-7-6-9(16)8-11(10)18-5/h6-8,12H,17H2,1-5H3/t12-/m0/s1. The smallest absolute Gasteiger partial charge is 0.480 e. The third-order valence-corrected chi connectivity index (χ3v) is 4.12. The minimum absolute atomic E-state index is 0.369. The Morgan fingerprint density at radius 2 is 1.75 bits per heavy atom. The van der Waals surface area contributed by atoms with Crippen molar-refractivity contribution < 1.29 is 18.4 Å². The van der Waals surface area contributed by atoms with Crippen LogP contribution in [0.2, 0.25) is 0 Å². The van der Waals surface area contributed by atoms with E-state index in [1.165, 1.54) is 19.2 Å². The predicted octanol–water partition coefficient (Wildman–Crippen LogP) is 2.47. The van der Waals surface area contributed by atoms with E-state index in [2.05, 4.69) is 0 Å². The molecule has 20 heavy (non-hydrogen) atoms. The van der Waals surface area contributed by atoms with Gasteiger partial charge in [0.15, 0.2) is 0 Å². The van der Waals surface area contributed by atoms with Crippen molar-refractivity contribution in [3.05, 3.63) is 29.6 Å². The molecular weight excluding hydrogens is 260 g/mol. The third kappa shape index (κ3) is 2.55. The lowest BCUT2D eigenvalue weighted by Gasteiger charge is -2.32. The van der Waals surface area contributed by atoms with E-state index in [4.69, 9.17) is 19.8 Å². The molecule has 2 rings (SSSR count). The van der Waals surface area contributed by atoms with Crippen LogP contribution in [-0.2, 0) is 9.31 Å². The number of rotatable bonds is 3. The summed E-state index contributed by atoms with van der Waals surface area (Å²) in [6.45, 7) is 7.84. The summed E-state index contributed by atoms with van der Waals surface area (Å²) in [6, 6.07) is 4.26. The zero-order chi connectivity index (χ0) is 15.1. The summed E-state index contributed by atoms with van der Waals surface area (Å²) in [5.41, 5.74) is 5.96. The molecule has 0 spiro atoms. The molecule has 1 aliphatic heterocycles. The van der Waals surface area contributed by atoms with Crippen molar-refractivity contribution in [2.75, 3.05) is 7.11 Å². The van der Waals surface area contributed by atoms with Gasteiger partial charge in [-0.05, 0) is 33.8 Å². The largest absolute Gasteiger partial charge is 0.496 e. The van der Waals surface area contributed by atoms with Crippen LogP contribution in [0.1, 0.15) is 39.2 Å². The Labute approximate surface area is 119 Å². The molecule has 6 heteroatoms. The predicted molar refractivity (Wildman–Crippen MR) is 76.0 cm³/mol. The maximum atomic E-state index is 13.2. The van der Waals surface area contributed by atoms with Gasteiger partial charge in [-0.25, -0.2) is 4.39 Å². The molecule has 0 bridgehead atoms. The van der Waals surface area contributed by atoms with E-state index in [9.17, 15) is 4.39 Å². The molecule has 1 fully saturated rings. The monoisotopic (exact) mass is 281 g/mol. The van der Waals surface area contributed by atoms with Gasteiger partial charge >= 0.3 is 7.12 Å². The van der Waals surface area contributed by atoms with Gasteiger partial charge in [0.05, 0.1) is 24.3 Å². The molecule has 1 atom stereocenters. The molecule has 110 valence electrons. The Bertz CT molecular complexity index is 491. The number of nitrogens with two attached hydrogens (primary N) is 1. The zero-order valence-corrected chi connectivity index (χ0v) is 12.6. The maximum Gasteiger partial charge on any atom is 0.480 e. The van der Waals surface area contributed by atoms with Crippen molar-refractivity contribution in [3.63, 3.8) is 0 Å². The van der Waals surface area contributed by atoms with Crippen LogP contribution < -0.4 is 10.5 Å². The van der Waals surface area contributed by atoms with E-state index in [0.717, 1.165) is 0 Å². The average Bonchev–Trinajstić information content (AvgIpc) is 2.57. The molecule has 4 nitrogen and oxygen atoms in total. The van der Waals surface area contributed by atoms with Crippen molar-refractivity contribution in [1.82, 2.24) is 0 Å². The van der Waals surface area contributed by atoms with Crippen molar-refractivity contribution in [1.29, 1.82) is 0 Å². The van der Waals surface area contributed by atoms with Gasteiger partial charge in [-0.1, -0.05) is 6.07 Å². The molecule has 0 aromatic heterocycles. The first-order valence-corrected chi connectivity index (χ1v) is 6.62. The fourth-order valence-corrected chi connectivity index (χ4v) is 2.14. The van der Waals surface area contributed by atoms with E-state index in [-0.39, 0.29) is 5.82 Å². The topological polar surface area (TPSA) is 53.7 Å². The highest BCUT2D eigenvalue weighted by molar-refractivity contribution is 6.47. The summed E-state index contributed by atoms with van der Waals surface area (Å²) in [5.74, 6) is -0.523. The second-order valence-electron chi connectivity index (χ2n) is 6.04.